The average Bonchev–Trinajstić information content (AvgIpc) is 2.63. The minimum absolute atomic E-state index is 0.580. The number of carboxylic acid groups (broad SMARTS) is 1. The molecule has 0 amide bonds. The van der Waals surface area contributed by atoms with E-state index in [4.69, 9.17) is 9.84 Å². The van der Waals surface area contributed by atoms with Crippen molar-refractivity contribution in [3.63, 3.8) is 0 Å². The SMILES string of the molecule is CC/C=C\C/C=C\C/C=C\C/C=C\C/C=C\CCCCC(OC)C(=O)O. The molecule has 3 nitrogen and oxygen atoms in total. The van der Waals surface area contributed by atoms with Crippen LogP contribution in [0.15, 0.2) is 60.8 Å². The van der Waals surface area contributed by atoms with Gasteiger partial charge in [-0.1, -0.05) is 67.7 Å². The Morgan fingerprint density at radius 1 is 0.808 bits per heavy atom. The van der Waals surface area contributed by atoms with Crippen molar-refractivity contribution in [3.8, 4) is 0 Å². The molecule has 0 aliphatic carbocycles. The largest absolute Gasteiger partial charge is 0.479 e. The molecule has 146 valence electrons. The highest BCUT2D eigenvalue weighted by Gasteiger charge is 2.14. The van der Waals surface area contributed by atoms with Gasteiger partial charge in [-0.05, 0) is 57.8 Å². The van der Waals surface area contributed by atoms with Crippen LogP contribution in [0.2, 0.25) is 0 Å². The summed E-state index contributed by atoms with van der Waals surface area (Å²) in [4.78, 5) is 10.8. The number of allylic oxidation sites excluding steroid dienone is 10. The number of hydrogen-bond acceptors (Lipinski definition) is 2. The molecule has 0 bridgehead atoms. The van der Waals surface area contributed by atoms with Crippen molar-refractivity contribution in [3.05, 3.63) is 60.8 Å². The van der Waals surface area contributed by atoms with E-state index in [2.05, 4.69) is 67.7 Å². The summed E-state index contributed by atoms with van der Waals surface area (Å²) in [6.07, 6.45) is 29.7. The first-order chi connectivity index (χ1) is 12.7. The zero-order chi connectivity index (χ0) is 19.3. The second-order valence-corrected chi connectivity index (χ2v) is 6.06. The van der Waals surface area contributed by atoms with Crippen molar-refractivity contribution in [1.82, 2.24) is 0 Å². The highest BCUT2D eigenvalue weighted by molar-refractivity contribution is 5.72. The van der Waals surface area contributed by atoms with E-state index in [0.29, 0.717) is 6.42 Å². The smallest absolute Gasteiger partial charge is 0.332 e. The Kier molecular flexibility index (Phi) is 18.1. The van der Waals surface area contributed by atoms with E-state index in [1.807, 2.05) is 0 Å². The van der Waals surface area contributed by atoms with Crippen molar-refractivity contribution in [1.29, 1.82) is 0 Å². The first-order valence-electron chi connectivity index (χ1n) is 9.72. The summed E-state index contributed by atoms with van der Waals surface area (Å²) in [7, 11) is 1.45. The highest BCUT2D eigenvalue weighted by atomic mass is 16.5. The molecule has 0 aliphatic heterocycles. The van der Waals surface area contributed by atoms with Crippen molar-refractivity contribution in [2.24, 2.45) is 0 Å². The molecule has 0 fully saturated rings. The van der Waals surface area contributed by atoms with Crippen LogP contribution in [0.3, 0.4) is 0 Å². The first kappa shape index (κ1) is 24.1. The van der Waals surface area contributed by atoms with Gasteiger partial charge in [0, 0.05) is 7.11 Å². The quantitative estimate of drug-likeness (QED) is 0.256. The summed E-state index contributed by atoms with van der Waals surface area (Å²) in [6.45, 7) is 2.15. The van der Waals surface area contributed by atoms with Gasteiger partial charge in [-0.25, -0.2) is 4.79 Å². The molecule has 0 aromatic rings. The fourth-order valence-corrected chi connectivity index (χ4v) is 2.30. The van der Waals surface area contributed by atoms with E-state index in [0.717, 1.165) is 51.4 Å². The Hall–Kier alpha value is -1.87. The maximum Gasteiger partial charge on any atom is 0.332 e. The van der Waals surface area contributed by atoms with E-state index in [-0.39, 0.29) is 0 Å². The van der Waals surface area contributed by atoms with Gasteiger partial charge in [0.1, 0.15) is 0 Å². The molecular formula is C23H36O3. The van der Waals surface area contributed by atoms with Crippen molar-refractivity contribution >= 4 is 5.97 Å². The van der Waals surface area contributed by atoms with Gasteiger partial charge in [0.05, 0.1) is 0 Å². The number of unbranched alkanes of at least 4 members (excludes halogenated alkanes) is 2. The lowest BCUT2D eigenvalue weighted by Crippen LogP contribution is -2.21. The molecule has 0 aromatic carbocycles. The predicted octanol–water partition coefficient (Wildman–Crippen LogP) is 6.40. The van der Waals surface area contributed by atoms with Gasteiger partial charge in [0.15, 0.2) is 6.10 Å². The lowest BCUT2D eigenvalue weighted by molar-refractivity contribution is -0.148. The van der Waals surface area contributed by atoms with Gasteiger partial charge in [0.2, 0.25) is 0 Å². The van der Waals surface area contributed by atoms with Crippen LogP contribution in [0.4, 0.5) is 0 Å². The first-order valence-corrected chi connectivity index (χ1v) is 9.72. The summed E-state index contributed by atoms with van der Waals surface area (Å²) >= 11 is 0. The summed E-state index contributed by atoms with van der Waals surface area (Å²) < 4.78 is 4.91. The standard InChI is InChI=1S/C23H36O3/c1-3-4-5-6-7-8-9-10-11-12-13-14-15-16-17-18-19-20-21-22(26-2)23(24)25/h4-5,7-8,10-11,13-14,16-17,22H,3,6,9,12,15,18-21H2,1-2H3,(H,24,25)/b5-4-,8-7-,11-10-,14-13-,17-16-. The number of hydrogen-bond donors (Lipinski definition) is 1. The number of methoxy groups -OCH3 is 1. The molecule has 0 radical (unpaired) electrons. The lowest BCUT2D eigenvalue weighted by Gasteiger charge is -2.08. The maximum atomic E-state index is 10.8. The molecule has 0 saturated heterocycles. The minimum Gasteiger partial charge on any atom is -0.479 e. The summed E-state index contributed by atoms with van der Waals surface area (Å²) in [5.74, 6) is -0.873. The van der Waals surface area contributed by atoms with Gasteiger partial charge in [-0.3, -0.25) is 0 Å². The van der Waals surface area contributed by atoms with E-state index in [1.165, 1.54) is 7.11 Å². The number of ether oxygens (including phenoxy) is 1. The van der Waals surface area contributed by atoms with Crippen molar-refractivity contribution < 1.29 is 14.6 Å². The highest BCUT2D eigenvalue weighted by Crippen LogP contribution is 2.07. The summed E-state index contributed by atoms with van der Waals surface area (Å²) in [5.41, 5.74) is 0. The molecule has 0 spiro atoms. The fourth-order valence-electron chi connectivity index (χ4n) is 2.30. The molecular weight excluding hydrogens is 324 g/mol. The Morgan fingerprint density at radius 3 is 1.69 bits per heavy atom. The lowest BCUT2D eigenvalue weighted by atomic mass is 10.1. The van der Waals surface area contributed by atoms with Crippen LogP contribution >= 0.6 is 0 Å². The van der Waals surface area contributed by atoms with Crippen LogP contribution < -0.4 is 0 Å². The normalized spacial score (nSPS) is 13.9. The molecule has 3 heteroatoms. The van der Waals surface area contributed by atoms with Gasteiger partial charge in [-0.15, -0.1) is 0 Å². The molecule has 0 aliphatic rings. The Morgan fingerprint density at radius 2 is 1.27 bits per heavy atom. The van der Waals surface area contributed by atoms with Gasteiger partial charge < -0.3 is 9.84 Å². The topological polar surface area (TPSA) is 46.5 Å². The third-order valence-electron chi connectivity index (χ3n) is 3.80. The Labute approximate surface area is 159 Å². The monoisotopic (exact) mass is 360 g/mol. The van der Waals surface area contributed by atoms with Crippen LogP contribution in [0.1, 0.15) is 64.7 Å². The summed E-state index contributed by atoms with van der Waals surface area (Å²) in [6, 6.07) is 0. The molecule has 1 N–H and O–H groups in total. The second-order valence-electron chi connectivity index (χ2n) is 6.06. The Balaban J connectivity index is 3.54. The molecule has 1 unspecified atom stereocenters. The van der Waals surface area contributed by atoms with Gasteiger partial charge >= 0.3 is 5.97 Å². The van der Waals surface area contributed by atoms with Crippen molar-refractivity contribution in [2.45, 2.75) is 70.8 Å². The van der Waals surface area contributed by atoms with Crippen LogP contribution in [-0.4, -0.2) is 24.3 Å². The minimum atomic E-state index is -0.873. The molecule has 0 rings (SSSR count). The number of carboxylic acids is 1. The summed E-state index contributed by atoms with van der Waals surface area (Å²) in [5, 5.41) is 8.86. The van der Waals surface area contributed by atoms with Crippen molar-refractivity contribution in [2.75, 3.05) is 7.11 Å². The Bertz CT molecular complexity index is 470. The van der Waals surface area contributed by atoms with E-state index < -0.39 is 12.1 Å². The predicted molar refractivity (Wildman–Crippen MR) is 111 cm³/mol. The van der Waals surface area contributed by atoms with Gasteiger partial charge in [0.25, 0.3) is 0 Å². The maximum absolute atomic E-state index is 10.8. The third kappa shape index (κ3) is 17.0. The van der Waals surface area contributed by atoms with Crippen LogP contribution in [0, 0.1) is 0 Å². The molecule has 1 atom stereocenters. The zero-order valence-electron chi connectivity index (χ0n) is 16.5. The second kappa shape index (κ2) is 19.5. The average molecular weight is 361 g/mol. The van der Waals surface area contributed by atoms with E-state index in [9.17, 15) is 4.79 Å². The molecule has 26 heavy (non-hydrogen) atoms. The van der Waals surface area contributed by atoms with Crippen LogP contribution in [0.25, 0.3) is 0 Å². The van der Waals surface area contributed by atoms with E-state index >= 15 is 0 Å². The zero-order valence-corrected chi connectivity index (χ0v) is 16.5. The number of aliphatic carboxylic acids is 1. The number of carbonyl (C=O) groups is 1. The van der Waals surface area contributed by atoms with Gasteiger partial charge in [-0.2, -0.15) is 0 Å². The molecule has 0 aromatic heterocycles. The van der Waals surface area contributed by atoms with Crippen LogP contribution in [-0.2, 0) is 9.53 Å². The number of rotatable bonds is 16. The third-order valence-corrected chi connectivity index (χ3v) is 3.80. The fraction of sp³-hybridized carbons (Fsp3) is 0.522. The molecule has 0 saturated carbocycles. The van der Waals surface area contributed by atoms with E-state index in [1.54, 1.807) is 0 Å². The molecule has 0 heterocycles. The van der Waals surface area contributed by atoms with Crippen LogP contribution in [0.5, 0.6) is 0 Å².